The third-order valence-corrected chi connectivity index (χ3v) is 6.17. The van der Waals surface area contributed by atoms with Gasteiger partial charge in [-0.1, -0.05) is 42.8 Å². The number of aryl methyl sites for hydroxylation is 3. The Kier molecular flexibility index (Phi) is 7.53. The van der Waals surface area contributed by atoms with Crippen molar-refractivity contribution in [2.24, 2.45) is 0 Å². The summed E-state index contributed by atoms with van der Waals surface area (Å²) in [7, 11) is 0. The SMILES string of the molecule is CCc1cccc(C)c1NC(=O)C(C)Sc1ccc(NC(=O)c2cccc(C)c2)cc1. The summed E-state index contributed by atoms with van der Waals surface area (Å²) < 4.78 is 0. The Morgan fingerprint density at radius 2 is 1.65 bits per heavy atom. The van der Waals surface area contributed by atoms with E-state index < -0.39 is 0 Å². The third kappa shape index (κ3) is 5.98. The number of carbonyl (C=O) groups is 2. The first-order valence-corrected chi connectivity index (χ1v) is 11.3. The van der Waals surface area contributed by atoms with Crippen LogP contribution >= 0.6 is 11.8 Å². The van der Waals surface area contributed by atoms with E-state index in [0.717, 1.165) is 39.4 Å². The maximum absolute atomic E-state index is 12.7. The van der Waals surface area contributed by atoms with Crippen molar-refractivity contribution in [1.29, 1.82) is 0 Å². The highest BCUT2D eigenvalue weighted by Gasteiger charge is 2.17. The quantitative estimate of drug-likeness (QED) is 0.435. The fourth-order valence-corrected chi connectivity index (χ4v) is 4.16. The number of carbonyl (C=O) groups excluding carboxylic acids is 2. The largest absolute Gasteiger partial charge is 0.325 e. The van der Waals surface area contributed by atoms with Crippen molar-refractivity contribution >= 4 is 35.0 Å². The van der Waals surface area contributed by atoms with Crippen molar-refractivity contribution in [2.75, 3.05) is 10.6 Å². The molecule has 0 spiro atoms. The summed E-state index contributed by atoms with van der Waals surface area (Å²) in [5.41, 5.74) is 5.52. The van der Waals surface area contributed by atoms with Crippen LogP contribution in [0.5, 0.6) is 0 Å². The van der Waals surface area contributed by atoms with Crippen LogP contribution in [0.2, 0.25) is 0 Å². The summed E-state index contributed by atoms with van der Waals surface area (Å²) in [5.74, 6) is -0.160. The van der Waals surface area contributed by atoms with Crippen LogP contribution in [0.15, 0.2) is 71.6 Å². The van der Waals surface area contributed by atoms with Crippen molar-refractivity contribution in [3.63, 3.8) is 0 Å². The smallest absolute Gasteiger partial charge is 0.255 e. The second-order valence-electron chi connectivity index (χ2n) is 7.56. The normalized spacial score (nSPS) is 11.6. The Bertz CT molecular complexity index is 1080. The molecule has 4 nitrogen and oxygen atoms in total. The van der Waals surface area contributed by atoms with Crippen LogP contribution in [0.1, 0.15) is 40.9 Å². The predicted octanol–water partition coefficient (Wildman–Crippen LogP) is 6.24. The Labute approximate surface area is 188 Å². The number of amides is 2. The molecule has 5 heteroatoms. The minimum absolute atomic E-state index is 0.0224. The van der Waals surface area contributed by atoms with Crippen molar-refractivity contribution < 1.29 is 9.59 Å². The molecule has 0 aliphatic carbocycles. The molecule has 0 bridgehead atoms. The van der Waals surface area contributed by atoms with Crippen molar-refractivity contribution in [1.82, 2.24) is 0 Å². The Balaban J connectivity index is 1.60. The predicted molar refractivity (Wildman–Crippen MR) is 130 cm³/mol. The summed E-state index contributed by atoms with van der Waals surface area (Å²) in [6, 6.07) is 21.1. The number of benzene rings is 3. The minimum Gasteiger partial charge on any atom is -0.325 e. The Morgan fingerprint density at radius 1 is 0.935 bits per heavy atom. The fraction of sp³-hybridized carbons (Fsp3) is 0.231. The summed E-state index contributed by atoms with van der Waals surface area (Å²) in [6.07, 6.45) is 0.870. The summed E-state index contributed by atoms with van der Waals surface area (Å²) in [4.78, 5) is 26.1. The van der Waals surface area contributed by atoms with E-state index in [1.807, 2.05) is 81.4 Å². The highest BCUT2D eigenvalue weighted by molar-refractivity contribution is 8.00. The van der Waals surface area contributed by atoms with E-state index >= 15 is 0 Å². The van der Waals surface area contributed by atoms with E-state index in [9.17, 15) is 9.59 Å². The molecular formula is C26H28N2O2S. The maximum atomic E-state index is 12.7. The van der Waals surface area contributed by atoms with Gasteiger partial charge in [0.2, 0.25) is 5.91 Å². The Hall–Kier alpha value is -3.05. The molecule has 2 N–H and O–H groups in total. The maximum Gasteiger partial charge on any atom is 0.255 e. The number of anilines is 2. The lowest BCUT2D eigenvalue weighted by atomic mass is 10.1. The van der Waals surface area contributed by atoms with E-state index in [-0.39, 0.29) is 17.1 Å². The van der Waals surface area contributed by atoms with Crippen LogP contribution in [-0.4, -0.2) is 17.1 Å². The Morgan fingerprint density at radius 3 is 2.32 bits per heavy atom. The molecule has 0 aliphatic rings. The van der Waals surface area contributed by atoms with Crippen molar-refractivity contribution in [2.45, 2.75) is 44.3 Å². The van der Waals surface area contributed by atoms with E-state index in [1.165, 1.54) is 11.8 Å². The highest BCUT2D eigenvalue weighted by Crippen LogP contribution is 2.27. The molecule has 31 heavy (non-hydrogen) atoms. The van der Waals surface area contributed by atoms with Gasteiger partial charge in [-0.3, -0.25) is 9.59 Å². The fourth-order valence-electron chi connectivity index (χ4n) is 3.29. The number of para-hydroxylation sites is 1. The minimum atomic E-state index is -0.253. The monoisotopic (exact) mass is 432 g/mol. The number of thioether (sulfide) groups is 1. The zero-order valence-electron chi connectivity index (χ0n) is 18.4. The number of nitrogens with one attached hydrogen (secondary N) is 2. The van der Waals surface area contributed by atoms with Gasteiger partial charge >= 0.3 is 0 Å². The van der Waals surface area contributed by atoms with E-state index in [2.05, 4.69) is 17.6 Å². The van der Waals surface area contributed by atoms with Gasteiger partial charge in [-0.25, -0.2) is 0 Å². The van der Waals surface area contributed by atoms with Crippen LogP contribution in [0, 0.1) is 13.8 Å². The van der Waals surface area contributed by atoms with Crippen LogP contribution in [0.4, 0.5) is 11.4 Å². The van der Waals surface area contributed by atoms with Gasteiger partial charge in [0.05, 0.1) is 5.25 Å². The van der Waals surface area contributed by atoms with Gasteiger partial charge in [0, 0.05) is 21.8 Å². The van der Waals surface area contributed by atoms with Crippen LogP contribution in [-0.2, 0) is 11.2 Å². The van der Waals surface area contributed by atoms with Crippen LogP contribution in [0.3, 0.4) is 0 Å². The van der Waals surface area contributed by atoms with Gasteiger partial charge in [0.1, 0.15) is 0 Å². The van der Waals surface area contributed by atoms with Gasteiger partial charge in [-0.15, -0.1) is 11.8 Å². The summed E-state index contributed by atoms with van der Waals surface area (Å²) >= 11 is 1.49. The molecular weight excluding hydrogens is 404 g/mol. The molecule has 1 atom stereocenters. The van der Waals surface area contributed by atoms with Gasteiger partial charge in [-0.05, 0) is 74.7 Å². The van der Waals surface area contributed by atoms with Crippen LogP contribution < -0.4 is 10.6 Å². The molecule has 0 heterocycles. The van der Waals surface area contributed by atoms with Crippen molar-refractivity contribution in [3.05, 3.63) is 89.0 Å². The van der Waals surface area contributed by atoms with Gasteiger partial charge in [-0.2, -0.15) is 0 Å². The first kappa shape index (κ1) is 22.6. The molecule has 0 saturated heterocycles. The molecule has 0 saturated carbocycles. The molecule has 160 valence electrons. The zero-order chi connectivity index (χ0) is 22.4. The third-order valence-electron chi connectivity index (χ3n) is 5.06. The molecule has 0 aliphatic heterocycles. The van der Waals surface area contributed by atoms with E-state index in [0.29, 0.717) is 5.56 Å². The molecule has 0 aromatic heterocycles. The zero-order valence-corrected chi connectivity index (χ0v) is 19.2. The average molecular weight is 433 g/mol. The standard InChI is InChI=1S/C26H28N2O2S/c1-5-20-10-7-9-18(3)24(20)28-25(29)19(4)31-23-14-12-22(13-15-23)27-26(30)21-11-6-8-17(2)16-21/h6-16,19H,5H2,1-4H3,(H,27,30)(H,28,29). The van der Waals surface area contributed by atoms with Gasteiger partial charge in [0.25, 0.3) is 5.91 Å². The summed E-state index contributed by atoms with van der Waals surface area (Å²) in [5, 5.41) is 5.75. The van der Waals surface area contributed by atoms with Crippen molar-refractivity contribution in [3.8, 4) is 0 Å². The van der Waals surface area contributed by atoms with Gasteiger partial charge < -0.3 is 10.6 Å². The molecule has 1 unspecified atom stereocenters. The van der Waals surface area contributed by atoms with Crippen LogP contribution in [0.25, 0.3) is 0 Å². The van der Waals surface area contributed by atoms with E-state index in [4.69, 9.17) is 0 Å². The number of hydrogen-bond donors (Lipinski definition) is 2. The first-order valence-electron chi connectivity index (χ1n) is 10.4. The second-order valence-corrected chi connectivity index (χ2v) is 8.97. The molecule has 2 amide bonds. The number of hydrogen-bond acceptors (Lipinski definition) is 3. The number of rotatable bonds is 7. The topological polar surface area (TPSA) is 58.2 Å². The lowest BCUT2D eigenvalue weighted by molar-refractivity contribution is -0.115. The molecule has 0 radical (unpaired) electrons. The molecule has 0 fully saturated rings. The molecule has 3 rings (SSSR count). The lowest BCUT2D eigenvalue weighted by Gasteiger charge is -2.16. The van der Waals surface area contributed by atoms with Gasteiger partial charge in [0.15, 0.2) is 0 Å². The lowest BCUT2D eigenvalue weighted by Crippen LogP contribution is -2.23. The second kappa shape index (κ2) is 10.3. The highest BCUT2D eigenvalue weighted by atomic mass is 32.2. The molecule has 3 aromatic rings. The van der Waals surface area contributed by atoms with E-state index in [1.54, 1.807) is 6.07 Å². The first-order chi connectivity index (χ1) is 14.9. The average Bonchev–Trinajstić information content (AvgIpc) is 2.76. The molecule has 3 aromatic carbocycles. The summed E-state index contributed by atoms with van der Waals surface area (Å²) in [6.45, 7) is 7.96.